The Kier molecular flexibility index (Phi) is 7.85. The Morgan fingerprint density at radius 3 is 2.33 bits per heavy atom. The largest absolute Gasteiger partial charge is 0.459 e. The van der Waals surface area contributed by atoms with E-state index in [2.05, 4.69) is 0 Å². The number of benzene rings is 1. The van der Waals surface area contributed by atoms with Crippen LogP contribution in [0.4, 0.5) is 0 Å². The minimum absolute atomic E-state index is 0.0110. The minimum atomic E-state index is -4.12. The molecule has 0 aromatic heterocycles. The molecular formula is C19H28NO9P. The van der Waals surface area contributed by atoms with Crippen molar-refractivity contribution >= 4 is 13.6 Å². The van der Waals surface area contributed by atoms with Gasteiger partial charge in [-0.1, -0.05) is 6.07 Å². The van der Waals surface area contributed by atoms with Crippen molar-refractivity contribution in [3.05, 3.63) is 33.9 Å². The fraction of sp³-hybridized carbons (Fsp3) is 0.632. The number of hydrogen-bond acceptors (Lipinski definition) is 9. The van der Waals surface area contributed by atoms with Gasteiger partial charge in [-0.3, -0.25) is 19.5 Å². The lowest BCUT2D eigenvalue weighted by molar-refractivity contribution is -0.483. The molecule has 10 nitrogen and oxygen atoms in total. The molecule has 0 fully saturated rings. The summed E-state index contributed by atoms with van der Waals surface area (Å²) in [6.07, 6.45) is 0. The Hall–Kier alpha value is -2.16. The molecule has 11 heteroatoms. The number of ether oxygens (including phenoxy) is 3. The molecule has 1 aliphatic rings. The second-order valence-corrected chi connectivity index (χ2v) is 9.74. The number of nitrogens with zero attached hydrogens (tertiary/aromatic N) is 1. The number of carbonyl (C=O) groups is 1. The smallest absolute Gasteiger partial charge is 0.345 e. The third-order valence-corrected chi connectivity index (χ3v) is 6.65. The van der Waals surface area contributed by atoms with Crippen LogP contribution >= 0.6 is 7.60 Å². The molecule has 2 atom stereocenters. The molecule has 0 spiro atoms. The number of rotatable bonds is 10. The fourth-order valence-corrected chi connectivity index (χ4v) is 5.26. The van der Waals surface area contributed by atoms with Gasteiger partial charge in [0.05, 0.1) is 19.1 Å². The van der Waals surface area contributed by atoms with Crippen molar-refractivity contribution in [2.75, 3.05) is 26.6 Å². The van der Waals surface area contributed by atoms with Crippen LogP contribution in [-0.2, 0) is 23.1 Å². The van der Waals surface area contributed by atoms with Crippen LogP contribution in [0.1, 0.15) is 46.1 Å². The first-order valence-electron chi connectivity index (χ1n) is 9.63. The highest BCUT2D eigenvalue weighted by molar-refractivity contribution is 7.55. The van der Waals surface area contributed by atoms with Gasteiger partial charge in [0, 0.05) is 4.92 Å². The molecule has 0 radical (unpaired) electrons. The van der Waals surface area contributed by atoms with Crippen molar-refractivity contribution in [1.82, 2.24) is 0 Å². The SMILES string of the molecule is CCOP(=O)(OCC)[C@H](C(=O)OC(C)(C)C)[C@H](C[N+](=O)[O-])c1ccc2c(c1)OCO2. The molecule has 1 aromatic carbocycles. The summed E-state index contributed by atoms with van der Waals surface area (Å²) in [6.45, 7) is 7.46. The molecule has 0 N–H and O–H groups in total. The lowest BCUT2D eigenvalue weighted by Crippen LogP contribution is -2.39. The van der Waals surface area contributed by atoms with Gasteiger partial charge in [0.25, 0.3) is 0 Å². The van der Waals surface area contributed by atoms with Crippen LogP contribution in [0.25, 0.3) is 0 Å². The van der Waals surface area contributed by atoms with Crippen molar-refractivity contribution in [2.24, 2.45) is 0 Å². The van der Waals surface area contributed by atoms with Gasteiger partial charge >= 0.3 is 13.6 Å². The monoisotopic (exact) mass is 445 g/mol. The van der Waals surface area contributed by atoms with E-state index >= 15 is 0 Å². The molecular weight excluding hydrogens is 417 g/mol. The van der Waals surface area contributed by atoms with Crippen molar-refractivity contribution in [3.8, 4) is 11.5 Å². The van der Waals surface area contributed by atoms with E-state index in [1.165, 1.54) is 6.07 Å². The maximum atomic E-state index is 13.6. The van der Waals surface area contributed by atoms with Crippen LogP contribution in [0.5, 0.6) is 11.5 Å². The molecule has 0 amide bonds. The fourth-order valence-electron chi connectivity index (χ4n) is 3.13. The third kappa shape index (κ3) is 5.93. The lowest BCUT2D eigenvalue weighted by atomic mass is 9.94. The highest BCUT2D eigenvalue weighted by Gasteiger charge is 2.51. The van der Waals surface area contributed by atoms with E-state index in [-0.39, 0.29) is 20.0 Å². The summed E-state index contributed by atoms with van der Waals surface area (Å²) in [5.74, 6) is -1.18. The Morgan fingerprint density at radius 2 is 1.80 bits per heavy atom. The molecule has 0 bridgehead atoms. The summed E-state index contributed by atoms with van der Waals surface area (Å²) in [5.41, 5.74) is -2.08. The second-order valence-electron chi connectivity index (χ2n) is 7.59. The average Bonchev–Trinajstić information content (AvgIpc) is 3.07. The highest BCUT2D eigenvalue weighted by Crippen LogP contribution is 2.58. The van der Waals surface area contributed by atoms with Crippen LogP contribution in [0.3, 0.4) is 0 Å². The molecule has 0 unspecified atom stereocenters. The first-order valence-corrected chi connectivity index (χ1v) is 11.2. The maximum absolute atomic E-state index is 13.6. The molecule has 0 aliphatic carbocycles. The summed E-state index contributed by atoms with van der Waals surface area (Å²) in [6, 6.07) is 4.69. The molecule has 1 aliphatic heterocycles. The second kappa shape index (κ2) is 9.76. The molecule has 1 heterocycles. The predicted molar refractivity (Wildman–Crippen MR) is 108 cm³/mol. The van der Waals surface area contributed by atoms with Crippen molar-refractivity contribution < 1.29 is 37.5 Å². The molecule has 30 heavy (non-hydrogen) atoms. The zero-order valence-electron chi connectivity index (χ0n) is 17.8. The summed E-state index contributed by atoms with van der Waals surface area (Å²) in [4.78, 5) is 24.1. The Bertz CT molecular complexity index is 811. The minimum Gasteiger partial charge on any atom is -0.459 e. The lowest BCUT2D eigenvalue weighted by Gasteiger charge is -2.31. The van der Waals surface area contributed by atoms with Crippen molar-refractivity contribution in [2.45, 2.75) is 51.8 Å². The van der Waals surface area contributed by atoms with Crippen LogP contribution in [0.2, 0.25) is 0 Å². The highest BCUT2D eigenvalue weighted by atomic mass is 31.2. The van der Waals surface area contributed by atoms with Crippen LogP contribution in [0.15, 0.2) is 18.2 Å². The molecule has 1 aromatic rings. The zero-order valence-corrected chi connectivity index (χ0v) is 18.7. The maximum Gasteiger partial charge on any atom is 0.345 e. The van der Waals surface area contributed by atoms with Gasteiger partial charge in [-0.15, -0.1) is 0 Å². The van der Waals surface area contributed by atoms with Gasteiger partial charge in [-0.2, -0.15) is 0 Å². The van der Waals surface area contributed by atoms with Crippen LogP contribution in [0, 0.1) is 10.1 Å². The van der Waals surface area contributed by atoms with Crippen molar-refractivity contribution in [1.29, 1.82) is 0 Å². The summed E-state index contributed by atoms with van der Waals surface area (Å²) < 4.78 is 40.5. The Balaban J connectivity index is 2.60. The number of carbonyl (C=O) groups excluding carboxylic acids is 1. The standard InChI is InChI=1S/C19H28NO9P/c1-6-27-30(24,28-7-2)17(18(21)29-19(3,4)5)14(11-20(22)23)13-8-9-15-16(10-13)26-12-25-15/h8-10,14,17H,6-7,11-12H2,1-5H3/t14-,17+/m1/s1. The zero-order chi connectivity index (χ0) is 22.5. The first-order chi connectivity index (χ1) is 14.0. The average molecular weight is 445 g/mol. The van der Waals surface area contributed by atoms with E-state index < -0.39 is 42.2 Å². The van der Waals surface area contributed by atoms with Gasteiger partial charge in [0.2, 0.25) is 13.3 Å². The predicted octanol–water partition coefficient (Wildman–Crippen LogP) is 3.75. The van der Waals surface area contributed by atoms with E-state index in [4.69, 9.17) is 23.3 Å². The Morgan fingerprint density at radius 1 is 1.20 bits per heavy atom. The Labute approximate surface area is 175 Å². The number of fused-ring (bicyclic) bond motifs is 1. The third-order valence-electron chi connectivity index (χ3n) is 4.16. The number of nitro groups is 1. The first kappa shape index (κ1) is 24.1. The molecule has 0 saturated heterocycles. The quantitative estimate of drug-likeness (QED) is 0.229. The van der Waals surface area contributed by atoms with Gasteiger partial charge in [-0.25, -0.2) is 0 Å². The van der Waals surface area contributed by atoms with E-state index in [0.29, 0.717) is 17.1 Å². The number of esters is 1. The summed E-state index contributed by atoms with van der Waals surface area (Å²) in [7, 11) is -4.12. The number of hydrogen-bond donors (Lipinski definition) is 0. The van der Waals surface area contributed by atoms with E-state index in [0.717, 1.165) is 0 Å². The van der Waals surface area contributed by atoms with Gasteiger partial charge in [0.15, 0.2) is 17.2 Å². The van der Waals surface area contributed by atoms with Crippen LogP contribution in [-0.4, -0.2) is 48.7 Å². The van der Waals surface area contributed by atoms with Gasteiger partial charge < -0.3 is 23.3 Å². The van der Waals surface area contributed by atoms with Crippen LogP contribution < -0.4 is 9.47 Å². The van der Waals surface area contributed by atoms with Crippen molar-refractivity contribution in [3.63, 3.8) is 0 Å². The molecule has 0 saturated carbocycles. The van der Waals surface area contributed by atoms with E-state index in [9.17, 15) is 19.5 Å². The topological polar surface area (TPSA) is 123 Å². The van der Waals surface area contributed by atoms with Gasteiger partial charge in [0.1, 0.15) is 5.60 Å². The van der Waals surface area contributed by atoms with Gasteiger partial charge in [-0.05, 0) is 52.3 Å². The van der Waals surface area contributed by atoms with E-state index in [1.54, 1.807) is 46.8 Å². The summed E-state index contributed by atoms with van der Waals surface area (Å²) >= 11 is 0. The van der Waals surface area contributed by atoms with E-state index in [1.807, 2.05) is 0 Å². The molecule has 2 rings (SSSR count). The summed E-state index contributed by atoms with van der Waals surface area (Å²) in [5, 5.41) is 11.5. The molecule has 168 valence electrons. The normalized spacial score (nSPS) is 15.5.